The number of ether oxygens (including phenoxy) is 1. The smallest absolute Gasteiger partial charge is 0.275 e. The van der Waals surface area contributed by atoms with E-state index in [1.54, 1.807) is 18.2 Å². The molecule has 0 aliphatic heterocycles. The van der Waals surface area contributed by atoms with Gasteiger partial charge in [0.25, 0.3) is 5.91 Å². The van der Waals surface area contributed by atoms with Gasteiger partial charge in [0.1, 0.15) is 12.4 Å². The number of benzene rings is 3. The van der Waals surface area contributed by atoms with Gasteiger partial charge in [-0.15, -0.1) is 0 Å². The van der Waals surface area contributed by atoms with Crippen LogP contribution >= 0.6 is 0 Å². The summed E-state index contributed by atoms with van der Waals surface area (Å²) < 4.78 is 5.83. The Kier molecular flexibility index (Phi) is 5.78. The van der Waals surface area contributed by atoms with Crippen molar-refractivity contribution in [3.05, 3.63) is 102 Å². The summed E-state index contributed by atoms with van der Waals surface area (Å²) in [7, 11) is 0. The van der Waals surface area contributed by atoms with E-state index < -0.39 is 0 Å². The van der Waals surface area contributed by atoms with Gasteiger partial charge < -0.3 is 4.74 Å². The Labute approximate surface area is 153 Å². The van der Waals surface area contributed by atoms with Crippen LogP contribution in [0.15, 0.2) is 90.0 Å². The Bertz CT molecular complexity index is 890. The average Bonchev–Trinajstić information content (AvgIpc) is 2.72. The number of nitrogens with one attached hydrogen (secondary N) is 1. The molecule has 4 nitrogen and oxygen atoms in total. The van der Waals surface area contributed by atoms with Crippen molar-refractivity contribution in [3.63, 3.8) is 0 Å². The monoisotopic (exact) mass is 344 g/mol. The lowest BCUT2D eigenvalue weighted by molar-refractivity contribution is 0.0950. The van der Waals surface area contributed by atoms with Gasteiger partial charge in [0, 0.05) is 0 Å². The third-order valence-corrected chi connectivity index (χ3v) is 3.89. The van der Waals surface area contributed by atoms with Crippen LogP contribution in [0.5, 0.6) is 5.75 Å². The van der Waals surface area contributed by atoms with Crippen LogP contribution < -0.4 is 10.2 Å². The second kappa shape index (κ2) is 8.62. The van der Waals surface area contributed by atoms with Crippen molar-refractivity contribution in [2.75, 3.05) is 0 Å². The van der Waals surface area contributed by atoms with E-state index in [-0.39, 0.29) is 5.91 Å². The van der Waals surface area contributed by atoms with E-state index in [9.17, 15) is 4.79 Å². The first-order valence-corrected chi connectivity index (χ1v) is 8.40. The quantitative estimate of drug-likeness (QED) is 0.531. The second-order valence-electron chi connectivity index (χ2n) is 5.77. The predicted octanol–water partition coefficient (Wildman–Crippen LogP) is 4.42. The first kappa shape index (κ1) is 17.4. The minimum absolute atomic E-state index is 0.302. The van der Waals surface area contributed by atoms with Crippen molar-refractivity contribution < 1.29 is 9.53 Å². The maximum absolute atomic E-state index is 12.5. The number of hydrazone groups is 1. The van der Waals surface area contributed by atoms with Crippen molar-refractivity contribution in [2.45, 2.75) is 13.5 Å². The molecule has 3 aromatic rings. The van der Waals surface area contributed by atoms with Gasteiger partial charge in [0.2, 0.25) is 0 Å². The molecule has 0 spiro atoms. The summed E-state index contributed by atoms with van der Waals surface area (Å²) >= 11 is 0. The van der Waals surface area contributed by atoms with Crippen molar-refractivity contribution in [1.29, 1.82) is 0 Å². The van der Waals surface area contributed by atoms with E-state index in [1.807, 2.05) is 73.7 Å². The fraction of sp³-hybridized carbons (Fsp3) is 0.0909. The zero-order chi connectivity index (χ0) is 18.2. The Morgan fingerprint density at radius 3 is 2.23 bits per heavy atom. The largest absolute Gasteiger partial charge is 0.488 e. The van der Waals surface area contributed by atoms with Gasteiger partial charge in [-0.2, -0.15) is 5.10 Å². The fourth-order valence-corrected chi connectivity index (χ4v) is 2.45. The molecule has 0 radical (unpaired) electrons. The highest BCUT2D eigenvalue weighted by Crippen LogP contribution is 2.19. The molecule has 0 saturated heterocycles. The first-order chi connectivity index (χ1) is 12.7. The Hall–Kier alpha value is -3.40. The molecule has 0 aliphatic carbocycles. The van der Waals surface area contributed by atoms with E-state index >= 15 is 0 Å². The molecule has 0 bridgehead atoms. The lowest BCUT2D eigenvalue weighted by Gasteiger charge is -2.11. The minimum Gasteiger partial charge on any atom is -0.488 e. The van der Waals surface area contributed by atoms with Crippen LogP contribution in [0.1, 0.15) is 28.4 Å². The molecule has 0 fully saturated rings. The van der Waals surface area contributed by atoms with Crippen LogP contribution in [0.4, 0.5) is 0 Å². The van der Waals surface area contributed by atoms with Crippen molar-refractivity contribution >= 4 is 11.6 Å². The third kappa shape index (κ3) is 4.57. The van der Waals surface area contributed by atoms with Crippen LogP contribution in [0.3, 0.4) is 0 Å². The topological polar surface area (TPSA) is 50.7 Å². The van der Waals surface area contributed by atoms with Crippen LogP contribution in [0.25, 0.3) is 0 Å². The predicted molar refractivity (Wildman–Crippen MR) is 103 cm³/mol. The molecule has 0 unspecified atom stereocenters. The van der Waals surface area contributed by atoms with Gasteiger partial charge in [0.05, 0.1) is 11.3 Å². The molecular weight excluding hydrogens is 324 g/mol. The summed E-state index contributed by atoms with van der Waals surface area (Å²) in [6, 6.07) is 26.7. The van der Waals surface area contributed by atoms with Gasteiger partial charge in [-0.05, 0) is 30.2 Å². The summed E-state index contributed by atoms with van der Waals surface area (Å²) in [5.74, 6) is 0.227. The SMILES string of the molecule is CC(=NNC(=O)c1ccccc1OCc1ccccc1)c1ccccc1. The second-order valence-corrected chi connectivity index (χ2v) is 5.77. The molecule has 1 amide bonds. The highest BCUT2D eigenvalue weighted by molar-refractivity contribution is 6.01. The molecule has 0 saturated carbocycles. The first-order valence-electron chi connectivity index (χ1n) is 8.40. The van der Waals surface area contributed by atoms with Crippen LogP contribution in [-0.4, -0.2) is 11.6 Å². The van der Waals surface area contributed by atoms with Gasteiger partial charge in [-0.3, -0.25) is 4.79 Å². The molecule has 1 N–H and O–H groups in total. The summed E-state index contributed by atoms with van der Waals surface area (Å²) in [4.78, 5) is 12.5. The highest BCUT2D eigenvalue weighted by atomic mass is 16.5. The van der Waals surface area contributed by atoms with Gasteiger partial charge >= 0.3 is 0 Å². The number of nitrogens with zero attached hydrogens (tertiary/aromatic N) is 1. The van der Waals surface area contributed by atoms with E-state index in [0.717, 1.165) is 16.8 Å². The molecule has 0 heterocycles. The molecule has 0 aromatic heterocycles. The van der Waals surface area contributed by atoms with Crippen LogP contribution in [0.2, 0.25) is 0 Å². The van der Waals surface area contributed by atoms with Crippen LogP contribution in [-0.2, 0) is 6.61 Å². The zero-order valence-electron chi connectivity index (χ0n) is 14.6. The van der Waals surface area contributed by atoms with Crippen molar-refractivity contribution in [3.8, 4) is 5.75 Å². The van der Waals surface area contributed by atoms with E-state index in [1.165, 1.54) is 0 Å². The molecule has 26 heavy (non-hydrogen) atoms. The number of rotatable bonds is 6. The minimum atomic E-state index is -0.302. The zero-order valence-corrected chi connectivity index (χ0v) is 14.6. The summed E-state index contributed by atoms with van der Waals surface area (Å²) in [6.07, 6.45) is 0. The number of para-hydroxylation sites is 1. The normalized spacial score (nSPS) is 11.0. The number of carbonyl (C=O) groups excluding carboxylic acids is 1. The Morgan fingerprint density at radius 1 is 0.885 bits per heavy atom. The Balaban J connectivity index is 1.69. The fourth-order valence-electron chi connectivity index (χ4n) is 2.45. The maximum atomic E-state index is 12.5. The van der Waals surface area contributed by atoms with E-state index in [2.05, 4.69) is 10.5 Å². The standard InChI is InChI=1S/C22H20N2O2/c1-17(19-12-6-3-7-13-19)23-24-22(25)20-14-8-9-15-21(20)26-16-18-10-4-2-5-11-18/h2-15H,16H2,1H3,(H,24,25). The third-order valence-electron chi connectivity index (χ3n) is 3.89. The van der Waals surface area contributed by atoms with E-state index in [4.69, 9.17) is 4.74 Å². The molecule has 3 aromatic carbocycles. The average molecular weight is 344 g/mol. The van der Waals surface area contributed by atoms with Gasteiger partial charge in [-0.25, -0.2) is 5.43 Å². The highest BCUT2D eigenvalue weighted by Gasteiger charge is 2.12. The number of hydrogen-bond donors (Lipinski definition) is 1. The lowest BCUT2D eigenvalue weighted by Crippen LogP contribution is -2.20. The summed E-state index contributed by atoms with van der Waals surface area (Å²) in [6.45, 7) is 2.25. The van der Waals surface area contributed by atoms with Gasteiger partial charge in [0.15, 0.2) is 0 Å². The molecule has 130 valence electrons. The van der Waals surface area contributed by atoms with E-state index in [0.29, 0.717) is 17.9 Å². The van der Waals surface area contributed by atoms with Crippen molar-refractivity contribution in [2.24, 2.45) is 5.10 Å². The van der Waals surface area contributed by atoms with Crippen LogP contribution in [0, 0.1) is 0 Å². The number of amides is 1. The molecule has 0 atom stereocenters. The molecule has 0 aliphatic rings. The lowest BCUT2D eigenvalue weighted by atomic mass is 10.1. The molecule has 4 heteroatoms. The molecular formula is C22H20N2O2. The maximum Gasteiger partial charge on any atom is 0.275 e. The van der Waals surface area contributed by atoms with Gasteiger partial charge in [-0.1, -0.05) is 72.8 Å². The van der Waals surface area contributed by atoms with Crippen molar-refractivity contribution in [1.82, 2.24) is 5.43 Å². The Morgan fingerprint density at radius 2 is 1.50 bits per heavy atom. The number of carbonyl (C=O) groups is 1. The summed E-state index contributed by atoms with van der Waals surface area (Å²) in [5.41, 5.74) is 5.80. The summed E-state index contributed by atoms with van der Waals surface area (Å²) in [5, 5.41) is 4.19. The number of hydrogen-bond acceptors (Lipinski definition) is 3. The molecule has 3 rings (SSSR count).